The highest BCUT2D eigenvalue weighted by Gasteiger charge is 2.33. The van der Waals surface area contributed by atoms with Crippen LogP contribution >= 0.6 is 11.6 Å². The molecule has 0 unspecified atom stereocenters. The molecule has 220 valence electrons. The predicted octanol–water partition coefficient (Wildman–Crippen LogP) is 6.38. The quantitative estimate of drug-likeness (QED) is 0.221. The van der Waals surface area contributed by atoms with Crippen LogP contribution in [0.5, 0.6) is 0 Å². The van der Waals surface area contributed by atoms with E-state index in [-0.39, 0.29) is 28.4 Å². The Morgan fingerprint density at radius 2 is 1.43 bits per heavy atom. The normalized spacial score (nSPS) is 12.0. The highest BCUT2D eigenvalue weighted by atomic mass is 35.5. The molecule has 0 saturated heterocycles. The second-order valence-corrected chi connectivity index (χ2v) is 13.1. The fourth-order valence-corrected chi connectivity index (χ4v) is 6.02. The summed E-state index contributed by atoms with van der Waals surface area (Å²) in [5.74, 6) is -0.501. The van der Waals surface area contributed by atoms with Crippen LogP contribution in [0.4, 0.5) is 30.2 Å². The van der Waals surface area contributed by atoms with Crippen LogP contribution in [0, 0.1) is 0 Å². The summed E-state index contributed by atoms with van der Waals surface area (Å²) in [4.78, 5) is 12.5. The fourth-order valence-electron chi connectivity index (χ4n) is 3.86. The number of anilines is 3. The van der Waals surface area contributed by atoms with Gasteiger partial charge in [0, 0.05) is 16.9 Å². The lowest BCUT2D eigenvalue weighted by Gasteiger charge is -2.22. The topological polar surface area (TPSA) is 113 Å². The first-order valence-corrected chi connectivity index (χ1v) is 15.8. The summed E-state index contributed by atoms with van der Waals surface area (Å²) in [6.45, 7) is 0.0578. The lowest BCUT2D eigenvalue weighted by atomic mass is 10.1. The van der Waals surface area contributed by atoms with Gasteiger partial charge in [0.25, 0.3) is 15.9 Å². The number of nitrogens with zero attached hydrogens (tertiary/aromatic N) is 1. The molecule has 0 aromatic heterocycles. The number of rotatable bonds is 9. The van der Waals surface area contributed by atoms with Gasteiger partial charge in [0.1, 0.15) is 0 Å². The monoisotopic (exact) mass is 637 g/mol. The molecule has 0 heterocycles. The Labute approximate surface area is 245 Å². The highest BCUT2D eigenvalue weighted by molar-refractivity contribution is 7.92. The van der Waals surface area contributed by atoms with Gasteiger partial charge in [-0.05, 0) is 72.3 Å². The SMILES string of the molecule is CS(=O)(=O)N(Cc1ccc(C(=O)Nc2ccc(S(=O)(=O)Nc3ccc(Cl)c(C(F)(F)F)c3)cc2)cc1)c1ccccc1. The van der Waals surface area contributed by atoms with Gasteiger partial charge >= 0.3 is 6.18 Å². The molecule has 0 radical (unpaired) electrons. The molecule has 0 saturated carbocycles. The zero-order valence-corrected chi connectivity index (χ0v) is 24.2. The summed E-state index contributed by atoms with van der Waals surface area (Å²) in [7, 11) is -7.82. The third kappa shape index (κ3) is 7.60. The van der Waals surface area contributed by atoms with Gasteiger partial charge in [0.15, 0.2) is 0 Å². The summed E-state index contributed by atoms with van der Waals surface area (Å²) in [6.07, 6.45) is -3.66. The molecule has 4 aromatic carbocycles. The Kier molecular flexibility index (Phi) is 8.85. The largest absolute Gasteiger partial charge is 0.417 e. The van der Waals surface area contributed by atoms with Gasteiger partial charge in [-0.2, -0.15) is 13.2 Å². The van der Waals surface area contributed by atoms with E-state index in [1.807, 2.05) is 0 Å². The van der Waals surface area contributed by atoms with Crippen LogP contribution in [-0.4, -0.2) is 29.0 Å². The van der Waals surface area contributed by atoms with Crippen molar-refractivity contribution in [1.82, 2.24) is 0 Å². The molecule has 0 aliphatic heterocycles. The van der Waals surface area contributed by atoms with Gasteiger partial charge in [-0.15, -0.1) is 0 Å². The molecule has 4 aromatic rings. The molecular formula is C28H23ClF3N3O5S2. The Balaban J connectivity index is 1.42. The lowest BCUT2D eigenvalue weighted by Crippen LogP contribution is -2.29. The fraction of sp³-hybridized carbons (Fsp3) is 0.107. The number of carbonyl (C=O) groups excluding carboxylic acids is 1. The zero-order valence-electron chi connectivity index (χ0n) is 21.8. The molecule has 0 spiro atoms. The summed E-state index contributed by atoms with van der Waals surface area (Å²) >= 11 is 5.58. The van der Waals surface area contributed by atoms with Crippen molar-refractivity contribution in [2.75, 3.05) is 20.6 Å². The molecule has 8 nitrogen and oxygen atoms in total. The van der Waals surface area contributed by atoms with Crippen molar-refractivity contribution < 1.29 is 34.8 Å². The van der Waals surface area contributed by atoms with Gasteiger partial charge in [-0.3, -0.25) is 13.8 Å². The number of halogens is 4. The molecule has 0 aliphatic carbocycles. The molecule has 4 rings (SSSR count). The van der Waals surface area contributed by atoms with Gasteiger partial charge in [-0.25, -0.2) is 16.8 Å². The molecule has 0 aliphatic rings. The zero-order chi connectivity index (χ0) is 30.7. The number of nitrogens with one attached hydrogen (secondary N) is 2. The minimum Gasteiger partial charge on any atom is -0.322 e. The maximum atomic E-state index is 13.1. The average Bonchev–Trinajstić information content (AvgIpc) is 2.92. The van der Waals surface area contributed by atoms with Crippen molar-refractivity contribution in [1.29, 1.82) is 0 Å². The van der Waals surface area contributed by atoms with E-state index in [0.29, 0.717) is 17.3 Å². The molecule has 42 heavy (non-hydrogen) atoms. The number of benzene rings is 4. The first-order valence-electron chi connectivity index (χ1n) is 12.1. The summed E-state index contributed by atoms with van der Waals surface area (Å²) in [6, 6.07) is 22.6. The number of carbonyl (C=O) groups is 1. The van der Waals surface area contributed by atoms with Crippen LogP contribution in [0.25, 0.3) is 0 Å². The number of hydrogen-bond acceptors (Lipinski definition) is 5. The third-order valence-corrected chi connectivity index (χ3v) is 8.80. The number of alkyl halides is 3. The first kappa shape index (κ1) is 30.9. The van der Waals surface area contributed by atoms with E-state index in [2.05, 4.69) is 10.0 Å². The maximum absolute atomic E-state index is 13.1. The van der Waals surface area contributed by atoms with Crippen molar-refractivity contribution in [3.63, 3.8) is 0 Å². The van der Waals surface area contributed by atoms with Crippen LogP contribution in [0.2, 0.25) is 5.02 Å². The molecule has 0 fully saturated rings. The van der Waals surface area contributed by atoms with E-state index in [1.54, 1.807) is 42.5 Å². The number of hydrogen-bond donors (Lipinski definition) is 2. The second kappa shape index (κ2) is 12.0. The molecule has 0 bridgehead atoms. The number of para-hydroxylation sites is 1. The minimum atomic E-state index is -4.77. The van der Waals surface area contributed by atoms with Crippen LogP contribution in [0.1, 0.15) is 21.5 Å². The van der Waals surface area contributed by atoms with E-state index >= 15 is 0 Å². The van der Waals surface area contributed by atoms with Crippen LogP contribution in [0.3, 0.4) is 0 Å². The van der Waals surface area contributed by atoms with E-state index in [0.717, 1.165) is 18.4 Å². The summed E-state index contributed by atoms with van der Waals surface area (Å²) < 4.78 is 92.7. The van der Waals surface area contributed by atoms with Crippen molar-refractivity contribution in [3.8, 4) is 0 Å². The molecular weight excluding hydrogens is 615 g/mol. The van der Waals surface area contributed by atoms with Gasteiger partial charge in [0.05, 0.1) is 34.0 Å². The molecule has 0 atom stereocenters. The van der Waals surface area contributed by atoms with E-state index in [1.165, 1.54) is 40.7 Å². The van der Waals surface area contributed by atoms with Gasteiger partial charge < -0.3 is 5.32 Å². The Morgan fingerprint density at radius 1 is 0.833 bits per heavy atom. The average molecular weight is 638 g/mol. The maximum Gasteiger partial charge on any atom is 0.417 e. The van der Waals surface area contributed by atoms with Crippen molar-refractivity contribution in [3.05, 3.63) is 119 Å². The third-order valence-electron chi connectivity index (χ3n) is 5.93. The summed E-state index contributed by atoms with van der Waals surface area (Å²) in [5, 5.41) is 2.06. The molecule has 2 N–H and O–H groups in total. The number of sulfonamides is 2. The standard InChI is InChI=1S/C28H23ClF3N3O5S2/c1-41(37,38)35(23-5-3-2-4-6-23)18-19-7-9-20(10-8-19)27(36)33-21-11-14-24(15-12-21)42(39,40)34-22-13-16-26(29)25(17-22)28(30,31)32/h2-17,34H,18H2,1H3,(H,33,36). The first-order chi connectivity index (χ1) is 19.6. The van der Waals surface area contributed by atoms with Crippen LogP contribution in [-0.2, 0) is 32.8 Å². The Hall–Kier alpha value is -4.07. The lowest BCUT2D eigenvalue weighted by molar-refractivity contribution is -0.137. The molecule has 14 heteroatoms. The van der Waals surface area contributed by atoms with Crippen molar-refractivity contribution >= 4 is 54.6 Å². The number of amides is 1. The Bertz CT molecular complexity index is 1800. The minimum absolute atomic E-state index is 0.0578. The van der Waals surface area contributed by atoms with Gasteiger partial charge in [-0.1, -0.05) is 41.9 Å². The summed E-state index contributed by atoms with van der Waals surface area (Å²) in [5.41, 5.74) is 0.176. The Morgan fingerprint density at radius 3 is 2.00 bits per heavy atom. The van der Waals surface area contributed by atoms with Crippen LogP contribution in [0.15, 0.2) is 102 Å². The smallest absolute Gasteiger partial charge is 0.322 e. The second-order valence-electron chi connectivity index (χ2n) is 9.08. The van der Waals surface area contributed by atoms with E-state index < -0.39 is 42.7 Å². The predicted molar refractivity (Wildman–Crippen MR) is 156 cm³/mol. The highest BCUT2D eigenvalue weighted by Crippen LogP contribution is 2.36. The van der Waals surface area contributed by atoms with E-state index in [4.69, 9.17) is 11.6 Å². The van der Waals surface area contributed by atoms with Crippen LogP contribution < -0.4 is 14.3 Å². The van der Waals surface area contributed by atoms with Gasteiger partial charge in [0.2, 0.25) is 10.0 Å². The van der Waals surface area contributed by atoms with Crippen molar-refractivity contribution in [2.24, 2.45) is 0 Å². The van der Waals surface area contributed by atoms with E-state index in [9.17, 15) is 34.8 Å². The molecule has 1 amide bonds. The van der Waals surface area contributed by atoms with Crippen molar-refractivity contribution in [2.45, 2.75) is 17.6 Å².